The third-order valence-corrected chi connectivity index (χ3v) is 3.04. The van der Waals surface area contributed by atoms with Crippen LogP contribution in [0.1, 0.15) is 20.3 Å². The number of nitrogens with zero attached hydrogens (tertiary/aromatic N) is 3. The number of hydrogen-bond acceptors (Lipinski definition) is 6. The number of nitrogen functional groups attached to an aromatic ring is 1. The Labute approximate surface area is 109 Å². The number of methoxy groups -OCH3 is 1. The van der Waals surface area contributed by atoms with Gasteiger partial charge >= 0.3 is 0 Å². The molecule has 0 saturated heterocycles. The second kappa shape index (κ2) is 7.00. The number of hydrogen-bond donors (Lipinski definition) is 2. The highest BCUT2D eigenvalue weighted by molar-refractivity contribution is 5.42. The largest absolute Gasteiger partial charge is 0.481 e. The van der Waals surface area contributed by atoms with Gasteiger partial charge in [-0.1, -0.05) is 6.92 Å². The van der Waals surface area contributed by atoms with Crippen molar-refractivity contribution in [2.24, 2.45) is 0 Å². The molecule has 18 heavy (non-hydrogen) atoms. The molecule has 1 heterocycles. The van der Waals surface area contributed by atoms with Crippen LogP contribution in [0.25, 0.3) is 0 Å². The molecule has 1 rings (SSSR count). The van der Waals surface area contributed by atoms with Crippen LogP contribution in [0.2, 0.25) is 0 Å². The molecule has 1 unspecified atom stereocenters. The second-order valence-electron chi connectivity index (χ2n) is 4.32. The van der Waals surface area contributed by atoms with Crippen molar-refractivity contribution in [2.45, 2.75) is 26.3 Å². The van der Waals surface area contributed by atoms with Gasteiger partial charge in [-0.05, 0) is 20.4 Å². The fourth-order valence-corrected chi connectivity index (χ4v) is 1.53. The first kappa shape index (κ1) is 14.5. The number of rotatable bonds is 7. The summed E-state index contributed by atoms with van der Waals surface area (Å²) in [6.45, 7) is 6.15. The van der Waals surface area contributed by atoms with Gasteiger partial charge in [0.05, 0.1) is 7.11 Å². The van der Waals surface area contributed by atoms with E-state index < -0.39 is 0 Å². The fourth-order valence-electron chi connectivity index (χ4n) is 1.53. The third-order valence-electron chi connectivity index (χ3n) is 3.04. The van der Waals surface area contributed by atoms with Gasteiger partial charge in [0.2, 0.25) is 11.8 Å². The van der Waals surface area contributed by atoms with Crippen molar-refractivity contribution in [3.63, 3.8) is 0 Å². The van der Waals surface area contributed by atoms with Crippen molar-refractivity contribution >= 4 is 11.8 Å². The van der Waals surface area contributed by atoms with Crippen molar-refractivity contribution in [1.82, 2.24) is 14.9 Å². The van der Waals surface area contributed by atoms with Gasteiger partial charge in [-0.3, -0.25) is 0 Å². The van der Waals surface area contributed by atoms with Crippen LogP contribution in [0.3, 0.4) is 0 Å². The molecular weight excluding hydrogens is 230 g/mol. The Hall–Kier alpha value is -1.56. The minimum atomic E-state index is 0.215. The highest BCUT2D eigenvalue weighted by Gasteiger charge is 2.06. The Bertz CT molecular complexity index is 371. The Balaban J connectivity index is 2.46. The van der Waals surface area contributed by atoms with E-state index in [1.54, 1.807) is 13.2 Å². The van der Waals surface area contributed by atoms with E-state index in [2.05, 4.69) is 41.1 Å². The van der Waals surface area contributed by atoms with Crippen LogP contribution in [0.15, 0.2) is 6.07 Å². The van der Waals surface area contributed by atoms with Crippen molar-refractivity contribution in [3.8, 4) is 5.88 Å². The van der Waals surface area contributed by atoms with Gasteiger partial charge in [-0.2, -0.15) is 9.97 Å². The molecule has 0 aliphatic rings. The molecule has 102 valence electrons. The lowest BCUT2D eigenvalue weighted by atomic mass is 10.2. The van der Waals surface area contributed by atoms with Crippen LogP contribution < -0.4 is 15.8 Å². The Morgan fingerprint density at radius 2 is 2.22 bits per heavy atom. The van der Waals surface area contributed by atoms with Crippen molar-refractivity contribution in [2.75, 3.05) is 38.3 Å². The maximum absolute atomic E-state index is 5.58. The number of anilines is 2. The van der Waals surface area contributed by atoms with E-state index in [-0.39, 0.29) is 5.95 Å². The summed E-state index contributed by atoms with van der Waals surface area (Å²) in [7, 11) is 3.67. The summed E-state index contributed by atoms with van der Waals surface area (Å²) in [4.78, 5) is 10.3. The molecule has 0 aliphatic carbocycles. The van der Waals surface area contributed by atoms with Crippen LogP contribution in [0.4, 0.5) is 11.8 Å². The lowest BCUT2D eigenvalue weighted by Crippen LogP contribution is -2.32. The van der Waals surface area contributed by atoms with Gasteiger partial charge in [0.15, 0.2) is 0 Å². The second-order valence-corrected chi connectivity index (χ2v) is 4.32. The SMILES string of the molecule is CCC(C)N(C)CCNc1cc(OC)nc(N)n1. The Morgan fingerprint density at radius 3 is 2.83 bits per heavy atom. The average Bonchev–Trinajstić information content (AvgIpc) is 2.36. The number of likely N-dealkylation sites (N-methyl/N-ethyl adjacent to an activating group) is 1. The molecule has 0 radical (unpaired) electrons. The minimum absolute atomic E-state index is 0.215. The molecule has 1 aromatic rings. The third kappa shape index (κ3) is 4.37. The summed E-state index contributed by atoms with van der Waals surface area (Å²) in [5.74, 6) is 1.38. The predicted molar refractivity (Wildman–Crippen MR) is 73.9 cm³/mol. The molecule has 6 heteroatoms. The van der Waals surface area contributed by atoms with E-state index in [1.807, 2.05) is 0 Å². The molecule has 1 atom stereocenters. The average molecular weight is 253 g/mol. The molecule has 0 aliphatic heterocycles. The van der Waals surface area contributed by atoms with Crippen LogP contribution in [0, 0.1) is 0 Å². The molecule has 0 spiro atoms. The molecule has 3 N–H and O–H groups in total. The number of nitrogens with one attached hydrogen (secondary N) is 1. The van der Waals surface area contributed by atoms with Crippen molar-refractivity contribution < 1.29 is 4.74 Å². The van der Waals surface area contributed by atoms with Crippen molar-refractivity contribution in [1.29, 1.82) is 0 Å². The maximum Gasteiger partial charge on any atom is 0.225 e. The first-order chi connectivity index (χ1) is 8.56. The van der Waals surface area contributed by atoms with Gasteiger partial charge in [0.25, 0.3) is 0 Å². The van der Waals surface area contributed by atoms with Crippen LogP contribution in [-0.2, 0) is 0 Å². The van der Waals surface area contributed by atoms with E-state index >= 15 is 0 Å². The summed E-state index contributed by atoms with van der Waals surface area (Å²) in [5.41, 5.74) is 5.58. The lowest BCUT2D eigenvalue weighted by Gasteiger charge is -2.23. The Morgan fingerprint density at radius 1 is 1.50 bits per heavy atom. The molecule has 0 amide bonds. The zero-order valence-corrected chi connectivity index (χ0v) is 11.6. The van der Waals surface area contributed by atoms with E-state index in [9.17, 15) is 0 Å². The minimum Gasteiger partial charge on any atom is -0.481 e. The van der Waals surface area contributed by atoms with E-state index in [4.69, 9.17) is 10.5 Å². The molecule has 6 nitrogen and oxygen atoms in total. The lowest BCUT2D eigenvalue weighted by molar-refractivity contribution is 0.261. The molecule has 0 fully saturated rings. The smallest absolute Gasteiger partial charge is 0.225 e. The van der Waals surface area contributed by atoms with E-state index in [1.165, 1.54) is 0 Å². The summed E-state index contributed by atoms with van der Waals surface area (Å²) < 4.78 is 5.04. The van der Waals surface area contributed by atoms with Gasteiger partial charge in [-0.25, -0.2) is 0 Å². The number of ether oxygens (including phenoxy) is 1. The standard InChI is InChI=1S/C12H23N5O/c1-5-9(2)17(3)7-6-14-10-8-11(18-4)16-12(13)15-10/h8-9H,5-7H2,1-4H3,(H3,13,14,15,16). The predicted octanol–water partition coefficient (Wildman–Crippen LogP) is 1.21. The highest BCUT2D eigenvalue weighted by atomic mass is 16.5. The first-order valence-electron chi connectivity index (χ1n) is 6.19. The van der Waals surface area contributed by atoms with E-state index in [0.29, 0.717) is 17.7 Å². The first-order valence-corrected chi connectivity index (χ1v) is 6.19. The maximum atomic E-state index is 5.58. The Kier molecular flexibility index (Phi) is 5.64. The van der Waals surface area contributed by atoms with Crippen LogP contribution >= 0.6 is 0 Å². The summed E-state index contributed by atoms with van der Waals surface area (Å²) in [6, 6.07) is 2.32. The normalized spacial score (nSPS) is 12.5. The van der Waals surface area contributed by atoms with Crippen LogP contribution in [-0.4, -0.2) is 48.2 Å². The van der Waals surface area contributed by atoms with Crippen molar-refractivity contribution in [3.05, 3.63) is 6.07 Å². The van der Waals surface area contributed by atoms with Gasteiger partial charge in [0, 0.05) is 25.2 Å². The number of aromatic nitrogens is 2. The quantitative estimate of drug-likeness (QED) is 0.760. The number of nitrogens with two attached hydrogens (primary N) is 1. The highest BCUT2D eigenvalue weighted by Crippen LogP contribution is 2.13. The monoisotopic (exact) mass is 253 g/mol. The molecule has 0 saturated carbocycles. The van der Waals surface area contributed by atoms with Gasteiger partial charge in [0.1, 0.15) is 5.82 Å². The van der Waals surface area contributed by atoms with E-state index in [0.717, 1.165) is 19.5 Å². The molecule has 1 aromatic heterocycles. The van der Waals surface area contributed by atoms with Gasteiger partial charge < -0.3 is 20.7 Å². The fraction of sp³-hybridized carbons (Fsp3) is 0.667. The zero-order valence-electron chi connectivity index (χ0n) is 11.6. The summed E-state index contributed by atoms with van der Waals surface area (Å²) in [6.07, 6.45) is 1.14. The zero-order chi connectivity index (χ0) is 13.5. The van der Waals surface area contributed by atoms with Crippen LogP contribution in [0.5, 0.6) is 5.88 Å². The summed E-state index contributed by atoms with van der Waals surface area (Å²) >= 11 is 0. The summed E-state index contributed by atoms with van der Waals surface area (Å²) in [5, 5.41) is 3.22. The topological polar surface area (TPSA) is 76.3 Å². The van der Waals surface area contributed by atoms with Gasteiger partial charge in [-0.15, -0.1) is 0 Å². The molecular formula is C12H23N5O. The molecule has 0 aromatic carbocycles. The molecule has 0 bridgehead atoms.